The number of carbonyl (C=O) groups is 7. The Labute approximate surface area is 400 Å². The molecule has 3 aliphatic rings. The Morgan fingerprint density at radius 3 is 1.56 bits per heavy atom. The SMILES string of the molecule is C.C#C.CC(O)C1(C(=O)O)CCCN1C(=O)OC(C)(C)C.CC=O.CCOC(=O)C1(C(C)O)CCC(C)N1C(=O)OC(C)(C)C.CCOC(=O)C1CCC(C)N1C(=O)OC(C)(C)C.[2H][2H].[W]. The molecule has 19 heteroatoms. The smallest absolute Gasteiger partial charge is 0.411 e. The average molecular weight is 1090 g/mol. The number of ether oxygens (including phenoxy) is 5. The van der Waals surface area contributed by atoms with E-state index in [2.05, 4.69) is 12.8 Å². The van der Waals surface area contributed by atoms with Gasteiger partial charge in [0, 0.05) is 42.7 Å². The van der Waals surface area contributed by atoms with E-state index in [1.165, 1.54) is 30.6 Å². The van der Waals surface area contributed by atoms with Crippen molar-refractivity contribution in [1.82, 2.24) is 14.7 Å². The molecular formula is C45H83N3O15W. The number of carbonyl (C=O) groups excluding carboxylic acids is 6. The van der Waals surface area contributed by atoms with Crippen molar-refractivity contribution >= 4 is 42.5 Å². The third kappa shape index (κ3) is 19.3. The van der Waals surface area contributed by atoms with Crippen LogP contribution >= 0.6 is 0 Å². The van der Waals surface area contributed by atoms with Gasteiger partial charge in [0.15, 0.2) is 11.1 Å². The number of likely N-dealkylation sites (tertiary alicyclic amines) is 3. The molecule has 7 atom stereocenters. The van der Waals surface area contributed by atoms with Gasteiger partial charge in [0.2, 0.25) is 0 Å². The first-order valence-electron chi connectivity index (χ1n) is 22.1. The van der Waals surface area contributed by atoms with Gasteiger partial charge in [0.05, 0.1) is 25.4 Å². The molecular weight excluding hydrogens is 1010 g/mol. The van der Waals surface area contributed by atoms with Crippen LogP contribution in [0, 0.1) is 12.8 Å². The fourth-order valence-electron chi connectivity index (χ4n) is 7.09. The average Bonchev–Trinajstić information content (AvgIpc) is 3.88. The summed E-state index contributed by atoms with van der Waals surface area (Å²) in [6, 6.07) is -0.692. The van der Waals surface area contributed by atoms with Crippen LogP contribution in [-0.2, 0) is 63.9 Å². The van der Waals surface area contributed by atoms with Crippen molar-refractivity contribution in [2.24, 2.45) is 0 Å². The van der Waals surface area contributed by atoms with Gasteiger partial charge in [-0.25, -0.2) is 28.8 Å². The normalized spacial score (nSPS) is 23.4. The van der Waals surface area contributed by atoms with Crippen molar-refractivity contribution in [2.75, 3.05) is 19.8 Å². The molecule has 0 aromatic heterocycles. The number of terminal acetylenes is 1. The zero-order chi connectivity index (χ0) is 51.2. The van der Waals surface area contributed by atoms with Gasteiger partial charge in [0.1, 0.15) is 29.1 Å². The molecule has 0 radical (unpaired) electrons. The number of aliphatic hydroxyl groups is 2. The molecule has 3 saturated heterocycles. The number of esters is 2. The molecule has 374 valence electrons. The molecule has 3 rings (SSSR count). The number of aliphatic hydroxyl groups excluding tert-OH is 2. The summed E-state index contributed by atoms with van der Waals surface area (Å²) in [5.41, 5.74) is -4.85. The molecule has 18 nitrogen and oxygen atoms in total. The van der Waals surface area contributed by atoms with E-state index in [0.29, 0.717) is 32.3 Å². The third-order valence-corrected chi connectivity index (χ3v) is 9.65. The molecule has 7 unspecified atom stereocenters. The Kier molecular flexibility index (Phi) is 29.0. The van der Waals surface area contributed by atoms with E-state index in [1.807, 2.05) is 34.6 Å². The maximum atomic E-state index is 12.5. The van der Waals surface area contributed by atoms with Crippen molar-refractivity contribution in [3.05, 3.63) is 0 Å². The number of hydrogen-bond acceptors (Lipinski definition) is 14. The zero-order valence-electron chi connectivity index (χ0n) is 42.5. The second-order valence-electron chi connectivity index (χ2n) is 18.0. The van der Waals surface area contributed by atoms with E-state index in [9.17, 15) is 44.1 Å². The number of hydrogen-bond donors (Lipinski definition) is 3. The number of aldehydes is 1. The standard InChI is InChI=1S/C15H27NO5.C13H23NO4.C12H21NO5.C2H4O.C2H2.CH4.W.H2/c1-7-20-12(18)15(11(3)17)9-8-10(2)16(15)13(19)21-14(4,5)6;1-6-17-11(15)10-8-7-9(2)14(10)12(16)18-13(3,4)5;1-8(14)12(9(15)16)6-5-7-13(12)10(17)18-11(2,3)4;1-2-3;1-2;;;/h10-11,17H,7-9H2,1-6H3;9-10H,6-8H2,1-5H3;8,14H,5-7H2,1-4H3,(H,15,16);2H,1H3;1-2H;1H4;;1H/i;;;;;;;1+1D. The van der Waals surface area contributed by atoms with Crippen molar-refractivity contribution in [1.29, 1.82) is 0 Å². The summed E-state index contributed by atoms with van der Waals surface area (Å²) in [7, 11) is 0. The molecule has 3 fully saturated rings. The van der Waals surface area contributed by atoms with Crippen LogP contribution in [0.3, 0.4) is 0 Å². The van der Waals surface area contributed by atoms with Crippen molar-refractivity contribution in [2.45, 2.75) is 215 Å². The molecule has 64 heavy (non-hydrogen) atoms. The number of rotatable bonds is 7. The van der Waals surface area contributed by atoms with Crippen LogP contribution in [0.15, 0.2) is 0 Å². The molecule has 3 heterocycles. The second kappa shape index (κ2) is 28.9. The summed E-state index contributed by atoms with van der Waals surface area (Å²) in [4.78, 5) is 85.0. The van der Waals surface area contributed by atoms with Crippen molar-refractivity contribution in [3.63, 3.8) is 0 Å². The molecule has 3 aliphatic heterocycles. The number of carboxylic acids is 1. The number of carboxylic acid groups (broad SMARTS) is 1. The summed E-state index contributed by atoms with van der Waals surface area (Å²) < 4.78 is 36.0. The van der Waals surface area contributed by atoms with Gasteiger partial charge in [-0.05, 0) is 149 Å². The Hall–Kier alpha value is -3.94. The van der Waals surface area contributed by atoms with E-state index >= 15 is 0 Å². The van der Waals surface area contributed by atoms with Crippen LogP contribution in [0.2, 0.25) is 0 Å². The van der Waals surface area contributed by atoms with Gasteiger partial charge in [-0.3, -0.25) is 14.7 Å². The summed E-state index contributed by atoms with van der Waals surface area (Å²) in [5.74, 6) is -2.11. The monoisotopic (exact) mass is 1090 g/mol. The van der Waals surface area contributed by atoms with Gasteiger partial charge in [-0.1, -0.05) is 7.43 Å². The first-order valence-corrected chi connectivity index (χ1v) is 21.1. The molecule has 0 bridgehead atoms. The molecule has 0 aromatic carbocycles. The van der Waals surface area contributed by atoms with Crippen molar-refractivity contribution in [3.8, 4) is 12.8 Å². The fraction of sp³-hybridized carbons (Fsp3) is 0.800. The molecule has 0 saturated carbocycles. The Balaban J connectivity index is -0.000000260. The van der Waals surface area contributed by atoms with E-state index in [0.717, 1.165) is 17.6 Å². The van der Waals surface area contributed by atoms with Crippen LogP contribution in [0.1, 0.15) is 160 Å². The van der Waals surface area contributed by atoms with Gasteiger partial charge in [-0.15, -0.1) is 12.8 Å². The first kappa shape index (κ1) is 64.3. The van der Waals surface area contributed by atoms with Crippen LogP contribution in [0.25, 0.3) is 0 Å². The van der Waals surface area contributed by atoms with Crippen LogP contribution in [0.5, 0.6) is 0 Å². The molecule has 0 aromatic rings. The van der Waals surface area contributed by atoms with Gasteiger partial charge < -0.3 is 43.8 Å². The van der Waals surface area contributed by atoms with Crippen LogP contribution < -0.4 is 0 Å². The maximum absolute atomic E-state index is 12.5. The summed E-state index contributed by atoms with van der Waals surface area (Å²) in [6.07, 6.45) is 8.03. The predicted octanol–water partition coefficient (Wildman–Crippen LogP) is 6.98. The quantitative estimate of drug-likeness (QED) is 0.101. The minimum absolute atomic E-state index is 0. The van der Waals surface area contributed by atoms with Crippen LogP contribution in [-0.4, -0.2) is 150 Å². The van der Waals surface area contributed by atoms with Gasteiger partial charge >= 0.3 is 36.2 Å². The molecule has 3 N–H and O–H groups in total. The summed E-state index contributed by atoms with van der Waals surface area (Å²) in [5, 5.41) is 29.3. The predicted molar refractivity (Wildman–Crippen MR) is 240 cm³/mol. The van der Waals surface area contributed by atoms with Gasteiger partial charge in [-0.2, -0.15) is 0 Å². The maximum Gasteiger partial charge on any atom is 0.411 e. The van der Waals surface area contributed by atoms with Crippen LogP contribution in [0.4, 0.5) is 14.4 Å². The van der Waals surface area contributed by atoms with E-state index in [4.69, 9.17) is 31.4 Å². The molecule has 0 aliphatic carbocycles. The second-order valence-corrected chi connectivity index (χ2v) is 18.0. The Morgan fingerprint density at radius 1 is 0.750 bits per heavy atom. The van der Waals surface area contributed by atoms with Crippen molar-refractivity contribution < 1.29 is 96.6 Å². The fourth-order valence-corrected chi connectivity index (χ4v) is 7.09. The minimum Gasteiger partial charge on any atom is -0.479 e. The molecule has 0 spiro atoms. The molecule has 3 amide bonds. The summed E-state index contributed by atoms with van der Waals surface area (Å²) >= 11 is 0. The topological polar surface area (TPSA) is 236 Å². The summed E-state index contributed by atoms with van der Waals surface area (Å²) in [6.45, 7) is 28.2. The van der Waals surface area contributed by atoms with E-state index in [1.54, 1.807) is 55.4 Å². The Morgan fingerprint density at radius 2 is 1.17 bits per heavy atom. The number of nitrogens with zero attached hydrogens (tertiary/aromatic N) is 3. The van der Waals surface area contributed by atoms with E-state index < -0.39 is 76.3 Å². The number of amides is 3. The zero-order valence-corrected chi connectivity index (χ0v) is 43.4. The van der Waals surface area contributed by atoms with E-state index in [-0.39, 0.29) is 66.1 Å². The first-order chi connectivity index (χ1) is 29.3. The third-order valence-electron chi connectivity index (χ3n) is 9.65. The van der Waals surface area contributed by atoms with Gasteiger partial charge in [0.25, 0.3) is 0 Å². The number of aliphatic carboxylic acids is 1. The Bertz CT molecular complexity index is 1520. The largest absolute Gasteiger partial charge is 0.479 e. The minimum atomic E-state index is -1.57.